The Hall–Kier alpha value is -2.89. The molecule has 0 aromatic carbocycles. The molecule has 6 heteroatoms. The average molecular weight is 839 g/mol. The maximum Gasteiger partial charge on any atom is 0.306 e. The van der Waals surface area contributed by atoms with Crippen LogP contribution in [0.15, 0.2) is 60.8 Å². The molecule has 0 aliphatic rings. The van der Waals surface area contributed by atoms with E-state index in [2.05, 4.69) is 81.5 Å². The lowest BCUT2D eigenvalue weighted by Crippen LogP contribution is -2.30. The van der Waals surface area contributed by atoms with Gasteiger partial charge in [-0.2, -0.15) is 0 Å². The van der Waals surface area contributed by atoms with Crippen LogP contribution >= 0.6 is 0 Å². The fraction of sp³-hybridized carbons (Fsp3) is 0.759. The van der Waals surface area contributed by atoms with E-state index in [9.17, 15) is 14.4 Å². The fourth-order valence-electron chi connectivity index (χ4n) is 6.96. The van der Waals surface area contributed by atoms with Crippen molar-refractivity contribution < 1.29 is 28.6 Å². The third-order valence-corrected chi connectivity index (χ3v) is 10.8. The number of rotatable bonds is 45. The summed E-state index contributed by atoms with van der Waals surface area (Å²) in [6, 6.07) is 0. The van der Waals surface area contributed by atoms with E-state index < -0.39 is 6.10 Å². The van der Waals surface area contributed by atoms with Gasteiger partial charge in [0.2, 0.25) is 0 Å². The van der Waals surface area contributed by atoms with E-state index in [1.54, 1.807) is 0 Å². The summed E-state index contributed by atoms with van der Waals surface area (Å²) in [7, 11) is 0. The molecule has 0 aromatic heterocycles. The van der Waals surface area contributed by atoms with Crippen molar-refractivity contribution in [2.45, 2.75) is 252 Å². The summed E-state index contributed by atoms with van der Waals surface area (Å²) >= 11 is 0. The molecule has 0 aromatic rings. The van der Waals surface area contributed by atoms with Crippen LogP contribution in [-0.2, 0) is 28.6 Å². The zero-order chi connectivity index (χ0) is 43.7. The number of allylic oxidation sites excluding steroid dienone is 10. The van der Waals surface area contributed by atoms with Crippen molar-refractivity contribution >= 4 is 17.9 Å². The fourth-order valence-corrected chi connectivity index (χ4v) is 6.96. The molecule has 60 heavy (non-hydrogen) atoms. The lowest BCUT2D eigenvalue weighted by Gasteiger charge is -2.18. The third kappa shape index (κ3) is 46.2. The first kappa shape index (κ1) is 57.1. The summed E-state index contributed by atoms with van der Waals surface area (Å²) in [5, 5.41) is 0. The molecule has 0 saturated carbocycles. The second-order valence-corrected chi connectivity index (χ2v) is 16.7. The zero-order valence-electron chi connectivity index (χ0n) is 39.5. The van der Waals surface area contributed by atoms with Gasteiger partial charge >= 0.3 is 17.9 Å². The molecule has 0 spiro atoms. The van der Waals surface area contributed by atoms with Gasteiger partial charge in [0.05, 0.1) is 0 Å². The Kier molecular flexibility index (Phi) is 46.4. The number of carbonyl (C=O) groups excluding carboxylic acids is 3. The van der Waals surface area contributed by atoms with Gasteiger partial charge in [-0.1, -0.05) is 204 Å². The van der Waals surface area contributed by atoms with E-state index in [1.165, 1.54) is 116 Å². The first-order valence-corrected chi connectivity index (χ1v) is 25.3. The molecule has 0 amide bonds. The Morgan fingerprint density at radius 2 is 0.650 bits per heavy atom. The van der Waals surface area contributed by atoms with Crippen molar-refractivity contribution in [1.82, 2.24) is 0 Å². The zero-order valence-corrected chi connectivity index (χ0v) is 39.5. The van der Waals surface area contributed by atoms with Crippen LogP contribution in [0.3, 0.4) is 0 Å². The first-order valence-electron chi connectivity index (χ1n) is 25.3. The van der Waals surface area contributed by atoms with Gasteiger partial charge in [0.15, 0.2) is 6.10 Å². The molecule has 0 bridgehead atoms. The van der Waals surface area contributed by atoms with Crippen LogP contribution in [0.5, 0.6) is 0 Å². The molecule has 0 unspecified atom stereocenters. The number of ether oxygens (including phenoxy) is 3. The number of carbonyl (C=O) groups is 3. The number of unbranched alkanes of at least 4 members (excludes halogenated alkanes) is 24. The lowest BCUT2D eigenvalue weighted by molar-refractivity contribution is -0.167. The molecule has 0 rings (SSSR count). The van der Waals surface area contributed by atoms with Gasteiger partial charge in [-0.05, 0) is 83.5 Å². The van der Waals surface area contributed by atoms with Crippen molar-refractivity contribution in [2.24, 2.45) is 0 Å². The number of hydrogen-bond donors (Lipinski definition) is 0. The quantitative estimate of drug-likeness (QED) is 0.0263. The third-order valence-electron chi connectivity index (χ3n) is 10.8. The van der Waals surface area contributed by atoms with Crippen molar-refractivity contribution in [3.8, 4) is 0 Å². The SMILES string of the molecule is CC/C=C\C/C=C\C/C=C\C/C=C\CCCCC(=O)OC[C@@H](COC(=O)CCCCCCC/C=C\CCCCC)OC(=O)CCCCCCCCCCCCCCCCC. The highest BCUT2D eigenvalue weighted by Gasteiger charge is 2.19. The number of esters is 3. The van der Waals surface area contributed by atoms with Gasteiger partial charge in [0.25, 0.3) is 0 Å². The Morgan fingerprint density at radius 1 is 0.350 bits per heavy atom. The maximum absolute atomic E-state index is 12.8. The largest absolute Gasteiger partial charge is 0.462 e. The minimum absolute atomic E-state index is 0.0901. The van der Waals surface area contributed by atoms with Crippen LogP contribution in [0, 0.1) is 0 Å². The Balaban J connectivity index is 4.44. The van der Waals surface area contributed by atoms with Gasteiger partial charge in [0, 0.05) is 19.3 Å². The molecular weight excluding hydrogens is 745 g/mol. The van der Waals surface area contributed by atoms with Gasteiger partial charge in [-0.3, -0.25) is 14.4 Å². The van der Waals surface area contributed by atoms with Gasteiger partial charge < -0.3 is 14.2 Å². The van der Waals surface area contributed by atoms with E-state index >= 15 is 0 Å². The molecular formula is C54H94O6. The summed E-state index contributed by atoms with van der Waals surface area (Å²) in [4.78, 5) is 37.9. The maximum atomic E-state index is 12.8. The molecule has 0 aliphatic heterocycles. The van der Waals surface area contributed by atoms with Crippen molar-refractivity contribution in [2.75, 3.05) is 13.2 Å². The second kappa shape index (κ2) is 48.8. The second-order valence-electron chi connectivity index (χ2n) is 16.7. The molecule has 1 atom stereocenters. The Morgan fingerprint density at radius 3 is 1.10 bits per heavy atom. The van der Waals surface area contributed by atoms with Crippen molar-refractivity contribution in [1.29, 1.82) is 0 Å². The Bertz CT molecular complexity index is 1100. The molecule has 0 aliphatic carbocycles. The van der Waals surface area contributed by atoms with Crippen LogP contribution in [0.4, 0.5) is 0 Å². The van der Waals surface area contributed by atoms with Crippen LogP contribution in [0.2, 0.25) is 0 Å². The standard InChI is InChI=1S/C54H94O6/c1-4-7-10-13-16-19-22-25-27-29-32-35-38-41-44-47-53(56)59-50-51(49-58-52(55)46-43-40-37-34-31-24-21-18-15-12-9-6-3)60-54(57)48-45-42-39-36-33-30-28-26-23-20-17-14-11-8-5-2/h7,10,16,18-19,21,25,27,32,35,51H,4-6,8-9,11-15,17,20,22-24,26,28-31,33-34,36-50H2,1-3H3/b10-7-,19-16-,21-18-,27-25-,35-32-/t51-/m1/s1. The molecule has 346 valence electrons. The van der Waals surface area contributed by atoms with Crippen LogP contribution in [0.25, 0.3) is 0 Å². The average Bonchev–Trinajstić information content (AvgIpc) is 3.24. The van der Waals surface area contributed by atoms with E-state index in [4.69, 9.17) is 14.2 Å². The smallest absolute Gasteiger partial charge is 0.306 e. The van der Waals surface area contributed by atoms with Crippen LogP contribution < -0.4 is 0 Å². The first-order chi connectivity index (χ1) is 29.5. The van der Waals surface area contributed by atoms with E-state index in [-0.39, 0.29) is 31.1 Å². The van der Waals surface area contributed by atoms with E-state index in [0.29, 0.717) is 19.3 Å². The summed E-state index contributed by atoms with van der Waals surface area (Å²) in [5.74, 6) is -0.937. The highest BCUT2D eigenvalue weighted by Crippen LogP contribution is 2.15. The minimum atomic E-state index is -0.791. The molecule has 0 radical (unpaired) electrons. The summed E-state index contributed by atoms with van der Waals surface area (Å²) in [6.07, 6.45) is 59.2. The molecule has 0 saturated heterocycles. The topological polar surface area (TPSA) is 78.9 Å². The highest BCUT2D eigenvalue weighted by atomic mass is 16.6. The predicted octanol–water partition coefficient (Wildman–Crippen LogP) is 16.5. The molecule has 0 N–H and O–H groups in total. The van der Waals surface area contributed by atoms with Gasteiger partial charge in [-0.25, -0.2) is 0 Å². The predicted molar refractivity (Wildman–Crippen MR) is 256 cm³/mol. The molecule has 0 fully saturated rings. The minimum Gasteiger partial charge on any atom is -0.462 e. The van der Waals surface area contributed by atoms with Crippen LogP contribution in [-0.4, -0.2) is 37.2 Å². The summed E-state index contributed by atoms with van der Waals surface area (Å²) in [5.41, 5.74) is 0. The lowest BCUT2D eigenvalue weighted by atomic mass is 10.0. The molecule has 6 nitrogen and oxygen atoms in total. The molecule has 0 heterocycles. The van der Waals surface area contributed by atoms with Crippen molar-refractivity contribution in [3.05, 3.63) is 60.8 Å². The highest BCUT2D eigenvalue weighted by molar-refractivity contribution is 5.71. The van der Waals surface area contributed by atoms with Crippen molar-refractivity contribution in [3.63, 3.8) is 0 Å². The summed E-state index contributed by atoms with van der Waals surface area (Å²) < 4.78 is 16.7. The normalized spacial score (nSPS) is 12.5. The van der Waals surface area contributed by atoms with Gasteiger partial charge in [-0.15, -0.1) is 0 Å². The monoisotopic (exact) mass is 839 g/mol. The van der Waals surface area contributed by atoms with Gasteiger partial charge in [0.1, 0.15) is 13.2 Å². The number of hydrogen-bond acceptors (Lipinski definition) is 6. The van der Waals surface area contributed by atoms with E-state index in [1.807, 2.05) is 0 Å². The Labute approximate surface area is 370 Å². The summed E-state index contributed by atoms with van der Waals surface area (Å²) in [6.45, 7) is 6.46. The van der Waals surface area contributed by atoms with Crippen LogP contribution in [0.1, 0.15) is 245 Å². The van der Waals surface area contributed by atoms with E-state index in [0.717, 1.165) is 89.9 Å².